The molecule has 1 aromatic rings. The number of piperidine rings is 3. The first-order valence-electron chi connectivity index (χ1n) is 7.57. The molecular weight excluding hydrogens is 267 g/mol. The average molecular weight is 288 g/mol. The lowest BCUT2D eigenvalue weighted by molar-refractivity contribution is 0.0195. The molecule has 1 N–H and O–H groups in total. The molecule has 21 heavy (non-hydrogen) atoms. The van der Waals surface area contributed by atoms with Gasteiger partial charge in [0, 0.05) is 24.7 Å². The Bertz CT molecular complexity index is 545. The summed E-state index contributed by atoms with van der Waals surface area (Å²) in [6, 6.07) is 6.22. The van der Waals surface area contributed by atoms with Crippen LogP contribution in [0, 0.1) is 17.7 Å². The fraction of sp³-hybridized carbons (Fsp3) is 0.471. The number of amides is 1. The lowest BCUT2D eigenvalue weighted by Gasteiger charge is -2.49. The number of benzene rings is 1. The molecular formula is C17H21FN2O. The Hall–Kier alpha value is -1.68. The van der Waals surface area contributed by atoms with Gasteiger partial charge in [0.05, 0.1) is 0 Å². The van der Waals surface area contributed by atoms with E-state index in [1.807, 2.05) is 0 Å². The van der Waals surface area contributed by atoms with Gasteiger partial charge >= 0.3 is 0 Å². The highest BCUT2D eigenvalue weighted by Crippen LogP contribution is 2.36. The topological polar surface area (TPSA) is 32.3 Å². The molecule has 3 heterocycles. The largest absolute Gasteiger partial charge is 0.350 e. The number of carbonyl (C=O) groups is 1. The number of nitrogens with zero attached hydrogens (tertiary/aromatic N) is 1. The van der Waals surface area contributed by atoms with Crippen molar-refractivity contribution >= 4 is 5.91 Å². The standard InChI is InChI=1S/C17H21FN2O/c1-2-12-11-20-7-6-13(12)9-16(20)10-19-17(21)14-4-3-5-15(18)8-14/h2-5,8,12-13,16H,1,6-7,9-11H2,(H,19,21)/t12-,13-,16+/m1/s1. The first-order chi connectivity index (χ1) is 10.2. The van der Waals surface area contributed by atoms with E-state index < -0.39 is 0 Å². The van der Waals surface area contributed by atoms with E-state index in [9.17, 15) is 9.18 Å². The van der Waals surface area contributed by atoms with Gasteiger partial charge in [-0.2, -0.15) is 0 Å². The van der Waals surface area contributed by atoms with E-state index in [-0.39, 0.29) is 11.7 Å². The van der Waals surface area contributed by atoms with Crippen LogP contribution in [0.1, 0.15) is 23.2 Å². The van der Waals surface area contributed by atoms with E-state index in [2.05, 4.69) is 22.9 Å². The molecule has 0 aliphatic carbocycles. The van der Waals surface area contributed by atoms with Gasteiger partial charge < -0.3 is 5.32 Å². The van der Waals surface area contributed by atoms with E-state index in [4.69, 9.17) is 0 Å². The van der Waals surface area contributed by atoms with Crippen LogP contribution in [0.2, 0.25) is 0 Å². The molecule has 4 heteroatoms. The molecule has 1 amide bonds. The summed E-state index contributed by atoms with van der Waals surface area (Å²) in [6.07, 6.45) is 4.41. The van der Waals surface area contributed by atoms with Crippen LogP contribution in [0.4, 0.5) is 4.39 Å². The lowest BCUT2D eigenvalue weighted by Crippen LogP contribution is -2.56. The second-order valence-corrected chi connectivity index (χ2v) is 6.05. The molecule has 4 atom stereocenters. The van der Waals surface area contributed by atoms with Crippen molar-refractivity contribution in [2.24, 2.45) is 11.8 Å². The second-order valence-electron chi connectivity index (χ2n) is 6.05. The Morgan fingerprint density at radius 2 is 2.38 bits per heavy atom. The highest BCUT2D eigenvalue weighted by Gasteiger charge is 2.38. The predicted octanol–water partition coefficient (Wildman–Crippen LogP) is 2.45. The molecule has 3 nitrogen and oxygen atoms in total. The van der Waals surface area contributed by atoms with Gasteiger partial charge in [-0.05, 0) is 49.4 Å². The SMILES string of the molecule is C=C[C@@H]1CN2CC[C@@H]1C[C@H]2CNC(=O)c1cccc(F)c1. The van der Waals surface area contributed by atoms with Crippen molar-refractivity contribution in [3.8, 4) is 0 Å². The number of carbonyl (C=O) groups excluding carboxylic acids is 1. The number of rotatable bonds is 4. The maximum atomic E-state index is 13.1. The second kappa shape index (κ2) is 5.98. The number of fused-ring (bicyclic) bond motifs is 3. The quantitative estimate of drug-likeness (QED) is 0.863. The number of halogens is 1. The van der Waals surface area contributed by atoms with Crippen LogP contribution in [-0.2, 0) is 0 Å². The lowest BCUT2D eigenvalue weighted by atomic mass is 9.75. The van der Waals surface area contributed by atoms with Gasteiger partial charge in [0.1, 0.15) is 5.82 Å². The van der Waals surface area contributed by atoms with Gasteiger partial charge in [0.15, 0.2) is 0 Å². The maximum absolute atomic E-state index is 13.1. The van der Waals surface area contributed by atoms with Crippen molar-refractivity contribution in [3.05, 3.63) is 48.3 Å². The van der Waals surface area contributed by atoms with E-state index in [1.54, 1.807) is 12.1 Å². The minimum absolute atomic E-state index is 0.197. The maximum Gasteiger partial charge on any atom is 0.251 e. The van der Waals surface area contributed by atoms with Crippen molar-refractivity contribution < 1.29 is 9.18 Å². The molecule has 112 valence electrons. The third kappa shape index (κ3) is 3.00. The molecule has 3 saturated heterocycles. The van der Waals surface area contributed by atoms with E-state index >= 15 is 0 Å². The molecule has 3 aliphatic rings. The van der Waals surface area contributed by atoms with Gasteiger partial charge in [0.2, 0.25) is 0 Å². The Morgan fingerprint density at radius 3 is 3.05 bits per heavy atom. The summed E-state index contributed by atoms with van der Waals surface area (Å²) in [5, 5.41) is 2.94. The van der Waals surface area contributed by atoms with Crippen molar-refractivity contribution in [1.29, 1.82) is 0 Å². The first kappa shape index (κ1) is 14.3. The summed E-state index contributed by atoms with van der Waals surface area (Å²) in [5.41, 5.74) is 0.384. The minimum Gasteiger partial charge on any atom is -0.350 e. The summed E-state index contributed by atoms with van der Waals surface area (Å²) < 4.78 is 13.1. The third-order valence-corrected chi connectivity index (χ3v) is 4.82. The zero-order valence-electron chi connectivity index (χ0n) is 12.1. The predicted molar refractivity (Wildman–Crippen MR) is 80.5 cm³/mol. The van der Waals surface area contributed by atoms with Crippen molar-refractivity contribution in [3.63, 3.8) is 0 Å². The molecule has 2 bridgehead atoms. The minimum atomic E-state index is -0.378. The van der Waals surface area contributed by atoms with Crippen LogP contribution in [0.5, 0.6) is 0 Å². The van der Waals surface area contributed by atoms with Gasteiger partial charge in [-0.3, -0.25) is 9.69 Å². The molecule has 3 aliphatic heterocycles. The van der Waals surface area contributed by atoms with E-state index in [0.717, 1.165) is 19.5 Å². The van der Waals surface area contributed by atoms with Crippen LogP contribution in [0.3, 0.4) is 0 Å². The molecule has 3 fully saturated rings. The Morgan fingerprint density at radius 1 is 1.52 bits per heavy atom. The van der Waals surface area contributed by atoms with E-state index in [0.29, 0.717) is 30.0 Å². The average Bonchev–Trinajstić information content (AvgIpc) is 2.53. The van der Waals surface area contributed by atoms with Crippen molar-refractivity contribution in [2.45, 2.75) is 18.9 Å². The van der Waals surface area contributed by atoms with Gasteiger partial charge in [-0.1, -0.05) is 12.1 Å². The fourth-order valence-corrected chi connectivity index (χ4v) is 3.60. The fourth-order valence-electron chi connectivity index (χ4n) is 3.60. The van der Waals surface area contributed by atoms with Crippen LogP contribution >= 0.6 is 0 Å². The van der Waals surface area contributed by atoms with Crippen LogP contribution in [0.25, 0.3) is 0 Å². The Labute approximate surface area is 124 Å². The van der Waals surface area contributed by atoms with Crippen molar-refractivity contribution in [1.82, 2.24) is 10.2 Å². The normalized spacial score (nSPS) is 30.9. The zero-order chi connectivity index (χ0) is 14.8. The van der Waals surface area contributed by atoms with Crippen LogP contribution < -0.4 is 5.32 Å². The van der Waals surface area contributed by atoms with Gasteiger partial charge in [-0.25, -0.2) is 4.39 Å². The molecule has 0 radical (unpaired) electrons. The summed E-state index contributed by atoms with van der Waals surface area (Å²) >= 11 is 0. The molecule has 1 unspecified atom stereocenters. The molecule has 0 saturated carbocycles. The summed E-state index contributed by atoms with van der Waals surface area (Å²) in [4.78, 5) is 14.5. The Kier molecular flexibility index (Phi) is 4.06. The molecule has 0 spiro atoms. The molecule has 1 aromatic carbocycles. The smallest absolute Gasteiger partial charge is 0.251 e. The number of hydrogen-bond donors (Lipinski definition) is 1. The van der Waals surface area contributed by atoms with Crippen molar-refractivity contribution in [2.75, 3.05) is 19.6 Å². The van der Waals surface area contributed by atoms with Gasteiger partial charge in [0.25, 0.3) is 5.91 Å². The Balaban J connectivity index is 1.56. The number of nitrogens with one attached hydrogen (secondary N) is 1. The highest BCUT2D eigenvalue weighted by molar-refractivity contribution is 5.94. The molecule has 0 aromatic heterocycles. The molecule has 4 rings (SSSR count). The zero-order valence-corrected chi connectivity index (χ0v) is 12.1. The van der Waals surface area contributed by atoms with Gasteiger partial charge in [-0.15, -0.1) is 6.58 Å². The third-order valence-electron chi connectivity index (χ3n) is 4.82. The van der Waals surface area contributed by atoms with E-state index in [1.165, 1.54) is 18.6 Å². The van der Waals surface area contributed by atoms with Crippen LogP contribution in [0.15, 0.2) is 36.9 Å². The number of hydrogen-bond acceptors (Lipinski definition) is 2. The monoisotopic (exact) mass is 288 g/mol. The highest BCUT2D eigenvalue weighted by atomic mass is 19.1. The summed E-state index contributed by atoms with van der Waals surface area (Å²) in [5.74, 6) is 0.715. The summed E-state index contributed by atoms with van der Waals surface area (Å²) in [7, 11) is 0. The van der Waals surface area contributed by atoms with Crippen LogP contribution in [-0.4, -0.2) is 36.5 Å². The first-order valence-corrected chi connectivity index (χ1v) is 7.57. The summed E-state index contributed by atoms with van der Waals surface area (Å²) in [6.45, 7) is 6.71.